The fourth-order valence-electron chi connectivity index (χ4n) is 3.07. The summed E-state index contributed by atoms with van der Waals surface area (Å²) in [4.78, 5) is -0.0262. The average Bonchev–Trinajstić information content (AvgIpc) is 3.29. The van der Waals surface area contributed by atoms with Crippen LogP contribution in [0.4, 0.5) is 4.39 Å². The molecule has 0 bridgehead atoms. The lowest BCUT2D eigenvalue weighted by atomic mass is 10.1. The highest BCUT2D eigenvalue weighted by Crippen LogP contribution is 2.40. The number of halogens is 1. The van der Waals surface area contributed by atoms with E-state index in [4.69, 9.17) is 9.47 Å². The van der Waals surface area contributed by atoms with Gasteiger partial charge in [0, 0.05) is 18.3 Å². The summed E-state index contributed by atoms with van der Waals surface area (Å²) < 4.78 is 52.9. The minimum absolute atomic E-state index is 0.0262. The van der Waals surface area contributed by atoms with E-state index in [2.05, 4.69) is 5.32 Å². The van der Waals surface area contributed by atoms with E-state index in [9.17, 15) is 12.8 Å². The first-order chi connectivity index (χ1) is 13.0. The van der Waals surface area contributed by atoms with E-state index in [1.807, 2.05) is 0 Å². The third-order valence-electron chi connectivity index (χ3n) is 4.27. The van der Waals surface area contributed by atoms with Gasteiger partial charge in [-0.2, -0.15) is 0 Å². The van der Waals surface area contributed by atoms with E-state index >= 15 is 0 Å². The Labute approximate surface area is 156 Å². The Hall–Kier alpha value is -2.84. The molecule has 0 unspecified atom stereocenters. The standard InChI is InChI=1S/C19H17FN2O4S/c1-21-10-13-9-16(14-5-2-3-6-15(14)20)22(11-13)27(23,24)18-8-4-7-17-19(18)26-12-25-17/h2-9,11,21H,10,12H2,1H3. The maximum atomic E-state index is 14.4. The van der Waals surface area contributed by atoms with Crippen molar-refractivity contribution < 1.29 is 22.3 Å². The second-order valence-electron chi connectivity index (χ2n) is 6.03. The summed E-state index contributed by atoms with van der Waals surface area (Å²) in [6.07, 6.45) is 1.49. The number of hydrogen-bond acceptors (Lipinski definition) is 5. The lowest BCUT2D eigenvalue weighted by Crippen LogP contribution is -2.14. The van der Waals surface area contributed by atoms with Gasteiger partial charge in [-0.3, -0.25) is 0 Å². The number of ether oxygens (including phenoxy) is 2. The zero-order chi connectivity index (χ0) is 19.0. The SMILES string of the molecule is CNCc1cc(-c2ccccc2F)n(S(=O)(=O)c2cccc3c2OCO3)c1. The molecule has 2 heterocycles. The quantitative estimate of drug-likeness (QED) is 0.728. The molecule has 1 aliphatic rings. The van der Waals surface area contributed by atoms with Crippen LogP contribution >= 0.6 is 0 Å². The summed E-state index contributed by atoms with van der Waals surface area (Å²) in [7, 11) is -2.29. The molecule has 2 aromatic carbocycles. The zero-order valence-corrected chi connectivity index (χ0v) is 15.3. The van der Waals surface area contributed by atoms with Gasteiger partial charge in [0.1, 0.15) is 10.7 Å². The van der Waals surface area contributed by atoms with E-state index in [-0.39, 0.29) is 28.7 Å². The summed E-state index contributed by atoms with van der Waals surface area (Å²) in [5.41, 5.74) is 1.16. The third-order valence-corrected chi connectivity index (χ3v) is 5.97. The molecule has 0 fully saturated rings. The number of para-hydroxylation sites is 1. The second-order valence-corrected chi connectivity index (χ2v) is 7.82. The highest BCUT2D eigenvalue weighted by molar-refractivity contribution is 7.90. The van der Waals surface area contributed by atoms with E-state index < -0.39 is 15.8 Å². The van der Waals surface area contributed by atoms with Gasteiger partial charge in [0.05, 0.1) is 5.69 Å². The van der Waals surface area contributed by atoms with Gasteiger partial charge in [-0.1, -0.05) is 18.2 Å². The van der Waals surface area contributed by atoms with Gasteiger partial charge in [-0.05, 0) is 42.9 Å². The zero-order valence-electron chi connectivity index (χ0n) is 14.5. The van der Waals surface area contributed by atoms with Gasteiger partial charge in [-0.25, -0.2) is 16.8 Å². The topological polar surface area (TPSA) is 69.6 Å². The Balaban J connectivity index is 1.93. The van der Waals surface area contributed by atoms with Crippen LogP contribution in [0.2, 0.25) is 0 Å². The number of nitrogens with zero attached hydrogens (tertiary/aromatic N) is 1. The van der Waals surface area contributed by atoms with Crippen LogP contribution in [0.1, 0.15) is 5.56 Å². The maximum absolute atomic E-state index is 14.4. The molecule has 0 spiro atoms. The van der Waals surface area contributed by atoms with Crippen molar-refractivity contribution in [3.05, 3.63) is 66.1 Å². The summed E-state index contributed by atoms with van der Waals surface area (Å²) in [6, 6.07) is 12.4. The van der Waals surface area contributed by atoms with Crippen LogP contribution in [0.15, 0.2) is 59.6 Å². The molecule has 1 aromatic heterocycles. The molecule has 6 nitrogen and oxygen atoms in total. The monoisotopic (exact) mass is 388 g/mol. The van der Waals surface area contributed by atoms with Crippen molar-refractivity contribution in [3.8, 4) is 22.8 Å². The average molecular weight is 388 g/mol. The Kier molecular flexibility index (Phi) is 4.37. The van der Waals surface area contributed by atoms with Crippen LogP contribution < -0.4 is 14.8 Å². The van der Waals surface area contributed by atoms with Gasteiger partial charge in [-0.15, -0.1) is 0 Å². The summed E-state index contributed by atoms with van der Waals surface area (Å²) >= 11 is 0. The van der Waals surface area contributed by atoms with Crippen molar-refractivity contribution >= 4 is 10.0 Å². The molecule has 0 radical (unpaired) electrons. The molecule has 4 rings (SSSR count). The van der Waals surface area contributed by atoms with Crippen molar-refractivity contribution in [3.63, 3.8) is 0 Å². The highest BCUT2D eigenvalue weighted by atomic mass is 32.2. The van der Waals surface area contributed by atoms with Crippen LogP contribution in [0.3, 0.4) is 0 Å². The molecule has 1 aliphatic heterocycles. The molecule has 3 aromatic rings. The number of nitrogens with one attached hydrogen (secondary N) is 1. The number of rotatable bonds is 5. The minimum Gasteiger partial charge on any atom is -0.454 e. The first-order valence-corrected chi connectivity index (χ1v) is 9.71. The van der Waals surface area contributed by atoms with E-state index in [1.54, 1.807) is 43.4 Å². The predicted octanol–water partition coefficient (Wildman–Crippen LogP) is 2.98. The van der Waals surface area contributed by atoms with Crippen LogP contribution in [0, 0.1) is 5.82 Å². The fourth-order valence-corrected chi connectivity index (χ4v) is 4.61. The Bertz CT molecular complexity index is 1110. The van der Waals surface area contributed by atoms with Crippen LogP contribution in [-0.4, -0.2) is 26.2 Å². The predicted molar refractivity (Wildman–Crippen MR) is 97.7 cm³/mol. The first-order valence-electron chi connectivity index (χ1n) is 8.27. The fraction of sp³-hybridized carbons (Fsp3) is 0.158. The molecular weight excluding hydrogens is 371 g/mol. The van der Waals surface area contributed by atoms with Gasteiger partial charge in [0.25, 0.3) is 10.0 Å². The summed E-state index contributed by atoms with van der Waals surface area (Å²) in [5, 5.41) is 2.98. The lowest BCUT2D eigenvalue weighted by molar-refractivity contribution is 0.172. The van der Waals surface area contributed by atoms with Gasteiger partial charge in [0.15, 0.2) is 11.5 Å². The smallest absolute Gasteiger partial charge is 0.272 e. The molecule has 27 heavy (non-hydrogen) atoms. The normalized spacial score (nSPS) is 13.1. The first kappa shape index (κ1) is 17.6. The number of benzene rings is 2. The van der Waals surface area contributed by atoms with Crippen LogP contribution in [0.5, 0.6) is 11.5 Å². The van der Waals surface area contributed by atoms with Crippen LogP contribution in [0.25, 0.3) is 11.3 Å². The second kappa shape index (κ2) is 6.71. The van der Waals surface area contributed by atoms with E-state index in [1.165, 1.54) is 18.3 Å². The van der Waals surface area contributed by atoms with Gasteiger partial charge in [0.2, 0.25) is 6.79 Å². The number of fused-ring (bicyclic) bond motifs is 1. The molecule has 0 saturated carbocycles. The van der Waals surface area contributed by atoms with Crippen molar-refractivity contribution in [2.45, 2.75) is 11.4 Å². The summed E-state index contributed by atoms with van der Waals surface area (Å²) in [5.74, 6) is 0.0351. The molecule has 0 amide bonds. The van der Waals surface area contributed by atoms with E-state index in [0.29, 0.717) is 17.9 Å². The van der Waals surface area contributed by atoms with Crippen molar-refractivity contribution in [2.24, 2.45) is 0 Å². The Morgan fingerprint density at radius 1 is 1.15 bits per heavy atom. The molecular formula is C19H17FN2O4S. The summed E-state index contributed by atoms with van der Waals surface area (Å²) in [6.45, 7) is 0.398. The lowest BCUT2D eigenvalue weighted by Gasteiger charge is -2.12. The molecule has 1 N–H and O–H groups in total. The highest BCUT2D eigenvalue weighted by Gasteiger charge is 2.30. The molecule has 140 valence electrons. The van der Waals surface area contributed by atoms with Gasteiger partial charge >= 0.3 is 0 Å². The molecule has 0 aliphatic carbocycles. The van der Waals surface area contributed by atoms with Gasteiger partial charge < -0.3 is 14.8 Å². The minimum atomic E-state index is -4.04. The molecule has 0 atom stereocenters. The largest absolute Gasteiger partial charge is 0.454 e. The number of aromatic nitrogens is 1. The van der Waals surface area contributed by atoms with Crippen molar-refractivity contribution in [1.29, 1.82) is 0 Å². The van der Waals surface area contributed by atoms with Crippen LogP contribution in [-0.2, 0) is 16.6 Å². The maximum Gasteiger partial charge on any atom is 0.272 e. The Morgan fingerprint density at radius 2 is 1.96 bits per heavy atom. The van der Waals surface area contributed by atoms with Crippen molar-refractivity contribution in [1.82, 2.24) is 9.29 Å². The molecule has 0 saturated heterocycles. The number of hydrogen-bond donors (Lipinski definition) is 1. The Morgan fingerprint density at radius 3 is 2.74 bits per heavy atom. The third kappa shape index (κ3) is 2.96. The van der Waals surface area contributed by atoms with E-state index in [0.717, 1.165) is 3.97 Å². The van der Waals surface area contributed by atoms with Crippen molar-refractivity contribution in [2.75, 3.05) is 13.8 Å². The molecule has 8 heteroatoms.